The molecular formula is C14H20N2. The molecule has 0 aromatic heterocycles. The zero-order valence-electron chi connectivity index (χ0n) is 9.84. The van der Waals surface area contributed by atoms with Gasteiger partial charge in [0.05, 0.1) is 0 Å². The van der Waals surface area contributed by atoms with Crippen molar-refractivity contribution in [1.29, 1.82) is 0 Å². The third-order valence-electron chi connectivity index (χ3n) is 3.79. The highest BCUT2D eigenvalue weighted by atomic mass is 15.2. The van der Waals surface area contributed by atoms with Crippen molar-refractivity contribution < 1.29 is 0 Å². The largest absolute Gasteiger partial charge is 0.370 e. The van der Waals surface area contributed by atoms with Gasteiger partial charge in [0.2, 0.25) is 0 Å². The molecule has 1 N–H and O–H groups in total. The molecule has 16 heavy (non-hydrogen) atoms. The highest BCUT2D eigenvalue weighted by Crippen LogP contribution is 2.26. The summed E-state index contributed by atoms with van der Waals surface area (Å²) in [5, 5.41) is 3.46. The van der Waals surface area contributed by atoms with Crippen LogP contribution in [-0.2, 0) is 12.8 Å². The van der Waals surface area contributed by atoms with Crippen molar-refractivity contribution in [3.63, 3.8) is 0 Å². The second kappa shape index (κ2) is 4.46. The van der Waals surface area contributed by atoms with Gasteiger partial charge in [0.25, 0.3) is 0 Å². The van der Waals surface area contributed by atoms with E-state index in [9.17, 15) is 0 Å². The van der Waals surface area contributed by atoms with Crippen LogP contribution in [0.5, 0.6) is 0 Å². The molecule has 0 spiro atoms. The lowest BCUT2D eigenvalue weighted by Gasteiger charge is -2.23. The summed E-state index contributed by atoms with van der Waals surface area (Å²) in [5.74, 6) is 0. The Kier molecular flexibility index (Phi) is 2.83. The van der Waals surface area contributed by atoms with Crippen molar-refractivity contribution in [3.05, 3.63) is 29.3 Å². The van der Waals surface area contributed by atoms with E-state index in [0.29, 0.717) is 0 Å². The maximum atomic E-state index is 3.46. The standard InChI is InChI=1S/C14H20N2/c1-3-12-5-6-14(11-13(12)4-1)16-9-2-7-15-8-10-16/h5-6,11,15H,1-4,7-10H2. The molecule has 1 aromatic rings. The van der Waals surface area contributed by atoms with Crippen LogP contribution in [0.3, 0.4) is 0 Å². The van der Waals surface area contributed by atoms with Crippen molar-refractivity contribution >= 4 is 5.69 Å². The molecule has 0 amide bonds. The van der Waals surface area contributed by atoms with E-state index in [1.54, 1.807) is 11.1 Å². The van der Waals surface area contributed by atoms with E-state index in [4.69, 9.17) is 0 Å². The lowest BCUT2D eigenvalue weighted by atomic mass is 10.1. The van der Waals surface area contributed by atoms with Crippen molar-refractivity contribution in [2.45, 2.75) is 25.7 Å². The Morgan fingerprint density at radius 3 is 2.88 bits per heavy atom. The Morgan fingerprint density at radius 1 is 0.938 bits per heavy atom. The van der Waals surface area contributed by atoms with E-state index < -0.39 is 0 Å². The normalized spacial score (nSPS) is 20.6. The van der Waals surface area contributed by atoms with Gasteiger partial charge in [0, 0.05) is 25.3 Å². The van der Waals surface area contributed by atoms with Crippen LogP contribution in [0.15, 0.2) is 18.2 Å². The molecule has 1 aliphatic heterocycles. The highest BCUT2D eigenvalue weighted by molar-refractivity contribution is 5.52. The molecule has 1 fully saturated rings. The van der Waals surface area contributed by atoms with Gasteiger partial charge in [-0.3, -0.25) is 0 Å². The predicted octanol–water partition coefficient (Wildman–Crippen LogP) is 1.98. The van der Waals surface area contributed by atoms with Crippen molar-refractivity contribution in [2.24, 2.45) is 0 Å². The molecular weight excluding hydrogens is 196 g/mol. The first-order chi connectivity index (χ1) is 7.93. The van der Waals surface area contributed by atoms with Crippen LogP contribution >= 0.6 is 0 Å². The zero-order chi connectivity index (χ0) is 10.8. The molecule has 1 saturated heterocycles. The first-order valence-corrected chi connectivity index (χ1v) is 6.51. The molecule has 0 atom stereocenters. The molecule has 3 rings (SSSR count). The molecule has 1 aromatic carbocycles. The van der Waals surface area contributed by atoms with Gasteiger partial charge in [-0.1, -0.05) is 6.07 Å². The molecule has 86 valence electrons. The Morgan fingerprint density at radius 2 is 1.88 bits per heavy atom. The van der Waals surface area contributed by atoms with Gasteiger partial charge in [0.15, 0.2) is 0 Å². The smallest absolute Gasteiger partial charge is 0.0369 e. The maximum absolute atomic E-state index is 3.46. The summed E-state index contributed by atoms with van der Waals surface area (Å²) >= 11 is 0. The number of benzene rings is 1. The predicted molar refractivity (Wildman–Crippen MR) is 68.2 cm³/mol. The summed E-state index contributed by atoms with van der Waals surface area (Å²) in [6.45, 7) is 4.64. The van der Waals surface area contributed by atoms with E-state index in [1.165, 1.54) is 44.5 Å². The number of aryl methyl sites for hydroxylation is 2. The Hall–Kier alpha value is -1.02. The minimum atomic E-state index is 1.12. The van der Waals surface area contributed by atoms with Gasteiger partial charge in [-0.05, 0) is 55.5 Å². The Labute approximate surface area is 97.6 Å². The SMILES string of the molecule is c1cc2c(cc1N1CCCNCC1)CCC2. The van der Waals surface area contributed by atoms with E-state index in [0.717, 1.165) is 13.1 Å². The van der Waals surface area contributed by atoms with Gasteiger partial charge < -0.3 is 10.2 Å². The summed E-state index contributed by atoms with van der Waals surface area (Å²) in [6.07, 6.45) is 5.18. The summed E-state index contributed by atoms with van der Waals surface area (Å²) in [6, 6.07) is 7.08. The number of fused-ring (bicyclic) bond motifs is 1. The number of nitrogens with zero attached hydrogens (tertiary/aromatic N) is 1. The third kappa shape index (κ3) is 1.94. The van der Waals surface area contributed by atoms with E-state index >= 15 is 0 Å². The number of nitrogens with one attached hydrogen (secondary N) is 1. The first kappa shape index (κ1) is 10.2. The quantitative estimate of drug-likeness (QED) is 0.772. The average molecular weight is 216 g/mol. The van der Waals surface area contributed by atoms with Crippen LogP contribution in [0.2, 0.25) is 0 Å². The minimum absolute atomic E-state index is 1.12. The fourth-order valence-corrected chi connectivity index (χ4v) is 2.86. The van der Waals surface area contributed by atoms with Crippen LogP contribution in [0.1, 0.15) is 24.0 Å². The summed E-state index contributed by atoms with van der Waals surface area (Å²) < 4.78 is 0. The van der Waals surface area contributed by atoms with Crippen molar-refractivity contribution in [2.75, 3.05) is 31.1 Å². The maximum Gasteiger partial charge on any atom is 0.0369 e. The third-order valence-corrected chi connectivity index (χ3v) is 3.79. The number of hydrogen-bond acceptors (Lipinski definition) is 2. The van der Waals surface area contributed by atoms with Gasteiger partial charge in [0.1, 0.15) is 0 Å². The second-order valence-electron chi connectivity index (χ2n) is 4.90. The molecule has 2 nitrogen and oxygen atoms in total. The van der Waals surface area contributed by atoms with E-state index in [1.807, 2.05) is 0 Å². The summed E-state index contributed by atoms with van der Waals surface area (Å²) in [4.78, 5) is 2.53. The zero-order valence-corrected chi connectivity index (χ0v) is 9.84. The van der Waals surface area contributed by atoms with Gasteiger partial charge in [-0.2, -0.15) is 0 Å². The molecule has 2 heteroatoms. The molecule has 1 heterocycles. The van der Waals surface area contributed by atoms with Crippen molar-refractivity contribution in [3.8, 4) is 0 Å². The van der Waals surface area contributed by atoms with Gasteiger partial charge in [-0.15, -0.1) is 0 Å². The summed E-state index contributed by atoms with van der Waals surface area (Å²) in [5.41, 5.74) is 4.61. The lowest BCUT2D eigenvalue weighted by Crippen LogP contribution is -2.27. The molecule has 2 aliphatic rings. The fraction of sp³-hybridized carbons (Fsp3) is 0.571. The molecule has 1 aliphatic carbocycles. The number of hydrogen-bond donors (Lipinski definition) is 1. The molecule has 0 unspecified atom stereocenters. The Balaban J connectivity index is 1.82. The molecule has 0 saturated carbocycles. The second-order valence-corrected chi connectivity index (χ2v) is 4.90. The van der Waals surface area contributed by atoms with Crippen LogP contribution in [0, 0.1) is 0 Å². The Bertz CT molecular complexity index is 365. The van der Waals surface area contributed by atoms with E-state index in [2.05, 4.69) is 28.4 Å². The topological polar surface area (TPSA) is 15.3 Å². The molecule has 0 radical (unpaired) electrons. The van der Waals surface area contributed by atoms with Crippen LogP contribution in [0.25, 0.3) is 0 Å². The highest BCUT2D eigenvalue weighted by Gasteiger charge is 2.14. The minimum Gasteiger partial charge on any atom is -0.370 e. The van der Waals surface area contributed by atoms with Crippen LogP contribution in [-0.4, -0.2) is 26.2 Å². The average Bonchev–Trinajstić information content (AvgIpc) is 2.61. The molecule has 0 bridgehead atoms. The van der Waals surface area contributed by atoms with Crippen LogP contribution < -0.4 is 10.2 Å². The van der Waals surface area contributed by atoms with Gasteiger partial charge >= 0.3 is 0 Å². The number of rotatable bonds is 1. The summed E-state index contributed by atoms with van der Waals surface area (Å²) in [7, 11) is 0. The van der Waals surface area contributed by atoms with Crippen LogP contribution in [0.4, 0.5) is 5.69 Å². The van der Waals surface area contributed by atoms with Crippen molar-refractivity contribution in [1.82, 2.24) is 5.32 Å². The van der Waals surface area contributed by atoms with E-state index in [-0.39, 0.29) is 0 Å². The monoisotopic (exact) mass is 216 g/mol. The first-order valence-electron chi connectivity index (χ1n) is 6.51. The lowest BCUT2D eigenvalue weighted by molar-refractivity contribution is 0.724. The van der Waals surface area contributed by atoms with Gasteiger partial charge in [-0.25, -0.2) is 0 Å². The number of anilines is 1. The fourth-order valence-electron chi connectivity index (χ4n) is 2.86.